The number of nitrogens with two attached hydrogens (primary N) is 1. The van der Waals surface area contributed by atoms with Crippen molar-refractivity contribution in [3.63, 3.8) is 0 Å². The van der Waals surface area contributed by atoms with Gasteiger partial charge in [0.15, 0.2) is 5.76 Å². The summed E-state index contributed by atoms with van der Waals surface area (Å²) in [6.45, 7) is 0.681. The summed E-state index contributed by atoms with van der Waals surface area (Å²) >= 11 is 0. The van der Waals surface area contributed by atoms with E-state index in [9.17, 15) is 4.79 Å². The molecule has 18 heavy (non-hydrogen) atoms. The number of hydrogen-bond acceptors (Lipinski definition) is 3. The molecular formula is C14H14N2O2. The van der Waals surface area contributed by atoms with Crippen molar-refractivity contribution in [1.29, 1.82) is 0 Å². The maximum Gasteiger partial charge on any atom is 0.294 e. The lowest BCUT2D eigenvalue weighted by molar-refractivity contribution is 0.0958. The van der Waals surface area contributed by atoms with E-state index in [1.807, 2.05) is 18.2 Å². The molecule has 2 N–H and O–H groups in total. The lowest BCUT2D eigenvalue weighted by Gasteiger charge is -2.30. The number of benzene rings is 1. The zero-order valence-corrected chi connectivity index (χ0v) is 9.93. The fourth-order valence-electron chi connectivity index (χ4n) is 2.42. The van der Waals surface area contributed by atoms with Gasteiger partial charge in [-0.1, -0.05) is 12.1 Å². The zero-order chi connectivity index (χ0) is 12.5. The number of furan rings is 1. The molecule has 2 heterocycles. The van der Waals surface area contributed by atoms with E-state index in [2.05, 4.69) is 0 Å². The predicted octanol–water partition coefficient (Wildman–Crippen LogP) is 2.45. The van der Waals surface area contributed by atoms with Gasteiger partial charge in [0.25, 0.3) is 5.91 Å². The third-order valence-electron chi connectivity index (χ3n) is 3.23. The van der Waals surface area contributed by atoms with Crippen molar-refractivity contribution >= 4 is 17.3 Å². The number of anilines is 2. The van der Waals surface area contributed by atoms with Crippen molar-refractivity contribution in [2.45, 2.75) is 12.8 Å². The first kappa shape index (κ1) is 10.9. The van der Waals surface area contributed by atoms with Crippen LogP contribution in [0.3, 0.4) is 0 Å². The Labute approximate surface area is 105 Å². The van der Waals surface area contributed by atoms with Gasteiger partial charge >= 0.3 is 0 Å². The van der Waals surface area contributed by atoms with Gasteiger partial charge in [0, 0.05) is 6.54 Å². The van der Waals surface area contributed by atoms with Gasteiger partial charge in [0.05, 0.1) is 17.6 Å². The van der Waals surface area contributed by atoms with Crippen LogP contribution in [-0.2, 0) is 6.42 Å². The van der Waals surface area contributed by atoms with Crippen molar-refractivity contribution in [1.82, 2.24) is 0 Å². The van der Waals surface area contributed by atoms with E-state index < -0.39 is 0 Å². The zero-order valence-electron chi connectivity index (χ0n) is 9.93. The standard InChI is InChI=1S/C14H14N2O2/c15-11-6-1-4-10-5-2-8-16(13(10)11)14(17)12-7-3-9-18-12/h1,3-4,6-7,9H,2,5,8,15H2. The minimum atomic E-state index is -0.126. The number of fused-ring (bicyclic) bond motifs is 1. The molecule has 4 heteroatoms. The summed E-state index contributed by atoms with van der Waals surface area (Å²) in [7, 11) is 0. The van der Waals surface area contributed by atoms with Gasteiger partial charge in [0.1, 0.15) is 0 Å². The monoisotopic (exact) mass is 242 g/mol. The van der Waals surface area contributed by atoms with Crippen LogP contribution in [0.1, 0.15) is 22.5 Å². The molecule has 1 aromatic carbocycles. The second-order valence-electron chi connectivity index (χ2n) is 4.39. The van der Waals surface area contributed by atoms with E-state index in [0.29, 0.717) is 18.0 Å². The Bertz CT molecular complexity index is 575. The summed E-state index contributed by atoms with van der Waals surface area (Å²) in [5, 5.41) is 0. The summed E-state index contributed by atoms with van der Waals surface area (Å²) in [4.78, 5) is 14.1. The minimum absolute atomic E-state index is 0.126. The maximum atomic E-state index is 12.4. The number of carbonyl (C=O) groups excluding carboxylic acids is 1. The molecule has 92 valence electrons. The molecule has 0 atom stereocenters. The van der Waals surface area contributed by atoms with E-state index in [4.69, 9.17) is 10.2 Å². The van der Waals surface area contributed by atoms with Gasteiger partial charge in [-0.25, -0.2) is 0 Å². The van der Waals surface area contributed by atoms with Crippen LogP contribution in [0.4, 0.5) is 11.4 Å². The van der Waals surface area contributed by atoms with Crippen LogP contribution in [0.15, 0.2) is 41.0 Å². The fourth-order valence-corrected chi connectivity index (χ4v) is 2.42. The van der Waals surface area contributed by atoms with E-state index in [0.717, 1.165) is 24.1 Å². The molecule has 0 radical (unpaired) electrons. The highest BCUT2D eigenvalue weighted by molar-refractivity contribution is 6.06. The van der Waals surface area contributed by atoms with Crippen molar-refractivity contribution in [3.05, 3.63) is 47.9 Å². The molecule has 0 aliphatic carbocycles. The SMILES string of the molecule is Nc1cccc2c1N(C(=O)c1ccco1)CCC2. The van der Waals surface area contributed by atoms with Crippen LogP contribution < -0.4 is 10.6 Å². The second-order valence-corrected chi connectivity index (χ2v) is 4.39. The Balaban J connectivity index is 2.04. The summed E-state index contributed by atoms with van der Waals surface area (Å²) in [5.41, 5.74) is 8.61. The first-order chi connectivity index (χ1) is 8.77. The quantitative estimate of drug-likeness (QED) is 0.781. The molecule has 4 nitrogen and oxygen atoms in total. The van der Waals surface area contributed by atoms with E-state index in [-0.39, 0.29) is 5.91 Å². The lowest BCUT2D eigenvalue weighted by Crippen LogP contribution is -2.35. The number of carbonyl (C=O) groups is 1. The normalized spacial score (nSPS) is 14.3. The van der Waals surface area contributed by atoms with Gasteiger partial charge in [-0.2, -0.15) is 0 Å². The highest BCUT2D eigenvalue weighted by Gasteiger charge is 2.26. The Hall–Kier alpha value is -2.23. The van der Waals surface area contributed by atoms with Crippen molar-refractivity contribution in [3.8, 4) is 0 Å². The third-order valence-corrected chi connectivity index (χ3v) is 3.23. The van der Waals surface area contributed by atoms with E-state index >= 15 is 0 Å². The van der Waals surface area contributed by atoms with Gasteiger partial charge < -0.3 is 15.1 Å². The third kappa shape index (κ3) is 1.66. The van der Waals surface area contributed by atoms with Crippen LogP contribution in [0.25, 0.3) is 0 Å². The van der Waals surface area contributed by atoms with Crippen LogP contribution in [0, 0.1) is 0 Å². The Kier molecular flexibility index (Phi) is 2.55. The number of aryl methyl sites for hydroxylation is 1. The molecule has 0 bridgehead atoms. The molecule has 1 aromatic heterocycles. The molecule has 0 unspecified atom stereocenters. The number of hydrogen-bond donors (Lipinski definition) is 1. The summed E-state index contributed by atoms with van der Waals surface area (Å²) in [5.74, 6) is 0.227. The smallest absolute Gasteiger partial charge is 0.294 e. The number of amides is 1. The van der Waals surface area contributed by atoms with Crippen molar-refractivity contribution < 1.29 is 9.21 Å². The van der Waals surface area contributed by atoms with Gasteiger partial charge in [-0.15, -0.1) is 0 Å². The van der Waals surface area contributed by atoms with Crippen molar-refractivity contribution in [2.75, 3.05) is 17.2 Å². The van der Waals surface area contributed by atoms with Crippen LogP contribution >= 0.6 is 0 Å². The molecule has 0 spiro atoms. The highest BCUT2D eigenvalue weighted by atomic mass is 16.3. The summed E-state index contributed by atoms with van der Waals surface area (Å²) in [6, 6.07) is 9.16. The van der Waals surface area contributed by atoms with Crippen LogP contribution in [0.5, 0.6) is 0 Å². The summed E-state index contributed by atoms with van der Waals surface area (Å²) < 4.78 is 5.17. The molecule has 0 saturated carbocycles. The van der Waals surface area contributed by atoms with Gasteiger partial charge in [0.2, 0.25) is 0 Å². The molecular weight excluding hydrogens is 228 g/mol. The molecule has 1 aliphatic rings. The number of rotatable bonds is 1. The van der Waals surface area contributed by atoms with Crippen LogP contribution in [-0.4, -0.2) is 12.5 Å². The first-order valence-corrected chi connectivity index (χ1v) is 6.00. The average Bonchev–Trinajstić information content (AvgIpc) is 2.91. The minimum Gasteiger partial charge on any atom is -0.459 e. The molecule has 1 aliphatic heterocycles. The predicted molar refractivity (Wildman–Crippen MR) is 69.6 cm³/mol. The average molecular weight is 242 g/mol. The summed E-state index contributed by atoms with van der Waals surface area (Å²) in [6.07, 6.45) is 3.41. The Morgan fingerprint density at radius 3 is 2.94 bits per heavy atom. The maximum absolute atomic E-state index is 12.4. The number of nitrogens with zero attached hydrogens (tertiary/aromatic N) is 1. The highest BCUT2D eigenvalue weighted by Crippen LogP contribution is 2.33. The van der Waals surface area contributed by atoms with E-state index in [1.165, 1.54) is 6.26 Å². The largest absolute Gasteiger partial charge is 0.459 e. The van der Waals surface area contributed by atoms with Gasteiger partial charge in [-0.3, -0.25) is 4.79 Å². The Morgan fingerprint density at radius 2 is 2.17 bits per heavy atom. The topological polar surface area (TPSA) is 59.5 Å². The Morgan fingerprint density at radius 1 is 1.28 bits per heavy atom. The number of para-hydroxylation sites is 1. The molecule has 1 amide bonds. The molecule has 0 fully saturated rings. The second kappa shape index (κ2) is 4.22. The number of nitrogen functional groups attached to an aromatic ring is 1. The van der Waals surface area contributed by atoms with Crippen LogP contribution in [0.2, 0.25) is 0 Å². The molecule has 3 rings (SSSR count). The van der Waals surface area contributed by atoms with Crippen molar-refractivity contribution in [2.24, 2.45) is 0 Å². The molecule has 2 aromatic rings. The lowest BCUT2D eigenvalue weighted by atomic mass is 10.00. The molecule has 0 saturated heterocycles. The van der Waals surface area contributed by atoms with Gasteiger partial charge in [-0.05, 0) is 36.6 Å². The van der Waals surface area contributed by atoms with E-state index in [1.54, 1.807) is 17.0 Å². The fraction of sp³-hybridized carbons (Fsp3) is 0.214. The first-order valence-electron chi connectivity index (χ1n) is 6.00.